The van der Waals surface area contributed by atoms with Crippen LogP contribution in [-0.2, 0) is 0 Å². The largest absolute Gasteiger partial charge is 0.369 e. The summed E-state index contributed by atoms with van der Waals surface area (Å²) in [7, 11) is 0. The lowest BCUT2D eigenvalue weighted by Crippen LogP contribution is -2.12. The molecule has 0 aromatic carbocycles. The van der Waals surface area contributed by atoms with E-state index in [2.05, 4.69) is 72.5 Å². The average molecular weight is 347 g/mol. The molecule has 0 fully saturated rings. The van der Waals surface area contributed by atoms with Crippen molar-refractivity contribution in [2.45, 2.75) is 52.9 Å². The molecule has 0 unspecified atom stereocenters. The summed E-state index contributed by atoms with van der Waals surface area (Å²) < 4.78 is 1.16. The normalized spacial score (nSPS) is 11.3. The minimum absolute atomic E-state index is 0.367. The van der Waals surface area contributed by atoms with Crippen molar-refractivity contribution in [2.75, 3.05) is 11.9 Å². The van der Waals surface area contributed by atoms with E-state index in [1.54, 1.807) is 0 Å². The SMILES string of the molecule is CCCNc1nc(C(C)C)nc(C(C)C)c1I. The maximum atomic E-state index is 4.68. The molecule has 0 bridgehead atoms. The molecule has 0 radical (unpaired) electrons. The molecule has 17 heavy (non-hydrogen) atoms. The zero-order valence-electron chi connectivity index (χ0n) is 11.3. The third-order valence-corrected chi connectivity index (χ3v) is 3.56. The van der Waals surface area contributed by atoms with Gasteiger partial charge in [0.25, 0.3) is 0 Å². The minimum atomic E-state index is 0.367. The van der Waals surface area contributed by atoms with Crippen molar-refractivity contribution < 1.29 is 0 Å². The van der Waals surface area contributed by atoms with Crippen LogP contribution in [0.1, 0.15) is 64.4 Å². The summed E-state index contributed by atoms with van der Waals surface area (Å²) in [4.78, 5) is 9.30. The average Bonchev–Trinajstić information content (AvgIpc) is 2.26. The number of nitrogens with one attached hydrogen (secondary N) is 1. The van der Waals surface area contributed by atoms with Crippen molar-refractivity contribution in [2.24, 2.45) is 0 Å². The van der Waals surface area contributed by atoms with Crippen LogP contribution in [-0.4, -0.2) is 16.5 Å². The topological polar surface area (TPSA) is 37.8 Å². The molecule has 0 spiro atoms. The van der Waals surface area contributed by atoms with Crippen LogP contribution >= 0.6 is 22.6 Å². The first-order valence-electron chi connectivity index (χ1n) is 6.28. The highest BCUT2D eigenvalue weighted by molar-refractivity contribution is 14.1. The Balaban J connectivity index is 3.18. The van der Waals surface area contributed by atoms with Gasteiger partial charge in [-0.2, -0.15) is 0 Å². The van der Waals surface area contributed by atoms with Crippen LogP contribution in [0.15, 0.2) is 0 Å². The van der Waals surface area contributed by atoms with E-state index in [0.29, 0.717) is 11.8 Å². The van der Waals surface area contributed by atoms with Crippen molar-refractivity contribution in [3.63, 3.8) is 0 Å². The fourth-order valence-corrected chi connectivity index (χ4v) is 2.54. The molecule has 0 atom stereocenters. The molecule has 1 rings (SSSR count). The Kier molecular flexibility index (Phi) is 5.62. The number of hydrogen-bond donors (Lipinski definition) is 1. The number of hydrogen-bond acceptors (Lipinski definition) is 3. The quantitative estimate of drug-likeness (QED) is 0.813. The Morgan fingerprint density at radius 2 is 1.76 bits per heavy atom. The molecular weight excluding hydrogens is 325 g/mol. The van der Waals surface area contributed by atoms with Crippen LogP contribution in [0.4, 0.5) is 5.82 Å². The smallest absolute Gasteiger partial charge is 0.143 e. The van der Waals surface area contributed by atoms with Gasteiger partial charge in [-0.1, -0.05) is 34.6 Å². The van der Waals surface area contributed by atoms with E-state index >= 15 is 0 Å². The first-order valence-corrected chi connectivity index (χ1v) is 7.36. The molecule has 3 nitrogen and oxygen atoms in total. The Morgan fingerprint density at radius 3 is 2.24 bits per heavy atom. The highest BCUT2D eigenvalue weighted by Gasteiger charge is 2.15. The van der Waals surface area contributed by atoms with Crippen LogP contribution in [0.25, 0.3) is 0 Å². The summed E-state index contributed by atoms with van der Waals surface area (Å²) in [5.41, 5.74) is 1.16. The van der Waals surface area contributed by atoms with Gasteiger partial charge in [0.2, 0.25) is 0 Å². The van der Waals surface area contributed by atoms with Gasteiger partial charge in [-0.25, -0.2) is 9.97 Å². The Labute approximate surface area is 118 Å². The lowest BCUT2D eigenvalue weighted by atomic mass is 10.1. The second-order valence-corrected chi connectivity index (χ2v) is 5.94. The molecule has 1 aromatic rings. The zero-order valence-corrected chi connectivity index (χ0v) is 13.5. The van der Waals surface area contributed by atoms with Gasteiger partial charge < -0.3 is 5.32 Å². The predicted molar refractivity (Wildman–Crippen MR) is 81.7 cm³/mol. The Morgan fingerprint density at radius 1 is 1.12 bits per heavy atom. The van der Waals surface area contributed by atoms with Crippen molar-refractivity contribution in [3.8, 4) is 0 Å². The first-order chi connectivity index (χ1) is 7.97. The molecule has 1 N–H and O–H groups in total. The third kappa shape index (κ3) is 3.79. The van der Waals surface area contributed by atoms with Crippen molar-refractivity contribution >= 4 is 28.4 Å². The van der Waals surface area contributed by atoms with Gasteiger partial charge in [0.1, 0.15) is 11.6 Å². The van der Waals surface area contributed by atoms with Gasteiger partial charge in [-0.15, -0.1) is 0 Å². The van der Waals surface area contributed by atoms with E-state index in [1.165, 1.54) is 0 Å². The standard InChI is InChI=1S/C13H22IN3/c1-6-7-15-13-10(14)11(8(2)3)16-12(17-13)9(4)5/h8-9H,6-7H2,1-5H3,(H,15,16,17). The van der Waals surface area contributed by atoms with Crippen molar-refractivity contribution in [1.82, 2.24) is 9.97 Å². The second kappa shape index (κ2) is 6.52. The fraction of sp³-hybridized carbons (Fsp3) is 0.692. The summed E-state index contributed by atoms with van der Waals surface area (Å²) >= 11 is 2.35. The van der Waals surface area contributed by atoms with Crippen LogP contribution in [0, 0.1) is 3.57 Å². The van der Waals surface area contributed by atoms with Gasteiger partial charge >= 0.3 is 0 Å². The summed E-state index contributed by atoms with van der Waals surface area (Å²) in [6.07, 6.45) is 1.11. The fourth-order valence-electron chi connectivity index (χ4n) is 1.48. The van der Waals surface area contributed by atoms with Crippen LogP contribution in [0.2, 0.25) is 0 Å². The molecule has 1 aromatic heterocycles. The Hall–Kier alpha value is -0.390. The van der Waals surface area contributed by atoms with Gasteiger partial charge in [0, 0.05) is 12.5 Å². The molecule has 0 saturated carbocycles. The summed E-state index contributed by atoms with van der Waals surface area (Å²) in [6.45, 7) is 11.7. The first kappa shape index (κ1) is 14.7. The van der Waals surface area contributed by atoms with E-state index in [-0.39, 0.29) is 0 Å². The van der Waals surface area contributed by atoms with E-state index in [9.17, 15) is 0 Å². The molecule has 1 heterocycles. The summed E-state index contributed by atoms with van der Waals surface area (Å²) in [5, 5.41) is 3.39. The molecule has 0 aliphatic rings. The van der Waals surface area contributed by atoms with E-state index in [1.807, 2.05) is 0 Å². The molecule has 0 aliphatic heterocycles. The maximum Gasteiger partial charge on any atom is 0.143 e. The molecular formula is C13H22IN3. The molecule has 4 heteroatoms. The minimum Gasteiger partial charge on any atom is -0.369 e. The molecule has 0 amide bonds. The van der Waals surface area contributed by atoms with Gasteiger partial charge in [0.15, 0.2) is 0 Å². The number of halogens is 1. The number of nitrogens with zero attached hydrogens (tertiary/aromatic N) is 2. The maximum absolute atomic E-state index is 4.68. The monoisotopic (exact) mass is 347 g/mol. The highest BCUT2D eigenvalue weighted by Crippen LogP contribution is 2.26. The van der Waals surface area contributed by atoms with Crippen molar-refractivity contribution in [3.05, 3.63) is 15.1 Å². The van der Waals surface area contributed by atoms with E-state index < -0.39 is 0 Å². The molecule has 0 aliphatic carbocycles. The third-order valence-electron chi connectivity index (χ3n) is 2.50. The van der Waals surface area contributed by atoms with E-state index in [4.69, 9.17) is 0 Å². The highest BCUT2D eigenvalue weighted by atomic mass is 127. The van der Waals surface area contributed by atoms with Crippen LogP contribution in [0.5, 0.6) is 0 Å². The van der Waals surface area contributed by atoms with Crippen LogP contribution in [0.3, 0.4) is 0 Å². The number of rotatable bonds is 5. The van der Waals surface area contributed by atoms with Crippen molar-refractivity contribution in [1.29, 1.82) is 0 Å². The summed E-state index contributed by atoms with van der Waals surface area (Å²) in [5.74, 6) is 2.74. The molecule has 0 saturated heterocycles. The van der Waals surface area contributed by atoms with Gasteiger partial charge in [-0.3, -0.25) is 0 Å². The zero-order chi connectivity index (χ0) is 13.0. The second-order valence-electron chi connectivity index (χ2n) is 4.87. The lowest BCUT2D eigenvalue weighted by molar-refractivity contribution is 0.724. The Bertz CT molecular complexity index is 375. The lowest BCUT2D eigenvalue weighted by Gasteiger charge is -2.16. The van der Waals surface area contributed by atoms with E-state index in [0.717, 1.165) is 33.9 Å². The molecule has 96 valence electrons. The number of anilines is 1. The van der Waals surface area contributed by atoms with Gasteiger partial charge in [-0.05, 0) is 34.9 Å². The number of aromatic nitrogens is 2. The van der Waals surface area contributed by atoms with Crippen LogP contribution < -0.4 is 5.32 Å². The summed E-state index contributed by atoms with van der Waals surface area (Å²) in [6, 6.07) is 0. The van der Waals surface area contributed by atoms with Gasteiger partial charge in [0.05, 0.1) is 9.26 Å². The predicted octanol–water partition coefficient (Wildman–Crippen LogP) is 4.15.